The van der Waals surface area contributed by atoms with Gasteiger partial charge in [0.1, 0.15) is 0 Å². The Morgan fingerprint density at radius 1 is 1.32 bits per heavy atom. The molecule has 0 radical (unpaired) electrons. The summed E-state index contributed by atoms with van der Waals surface area (Å²) in [5.41, 5.74) is 2.95. The fraction of sp³-hybridized carbons (Fsp3) is 0.438. The van der Waals surface area contributed by atoms with Gasteiger partial charge >= 0.3 is 0 Å². The van der Waals surface area contributed by atoms with Crippen LogP contribution in [-0.2, 0) is 6.42 Å². The number of hydrogen-bond acceptors (Lipinski definition) is 2. The van der Waals surface area contributed by atoms with Crippen LogP contribution in [0.2, 0.25) is 0 Å². The molecule has 3 rings (SSSR count). The van der Waals surface area contributed by atoms with Crippen molar-refractivity contribution in [2.24, 2.45) is 0 Å². The zero-order valence-corrected chi connectivity index (χ0v) is 11.6. The lowest BCUT2D eigenvalue weighted by molar-refractivity contribution is 0.492. The number of aromatic nitrogens is 2. The third-order valence-electron chi connectivity index (χ3n) is 3.76. The number of nitrogens with one attached hydrogen (secondary N) is 1. The van der Waals surface area contributed by atoms with Crippen LogP contribution in [0.15, 0.2) is 36.7 Å². The van der Waals surface area contributed by atoms with Gasteiger partial charge in [0.15, 0.2) is 0 Å². The van der Waals surface area contributed by atoms with E-state index in [2.05, 4.69) is 59.2 Å². The molecule has 1 N–H and O–H groups in total. The van der Waals surface area contributed by atoms with Gasteiger partial charge in [-0.1, -0.05) is 24.3 Å². The van der Waals surface area contributed by atoms with Crippen molar-refractivity contribution in [3.63, 3.8) is 0 Å². The predicted octanol–water partition coefficient (Wildman–Crippen LogP) is 3.63. The van der Waals surface area contributed by atoms with Crippen LogP contribution in [-0.4, -0.2) is 15.6 Å². The van der Waals surface area contributed by atoms with Gasteiger partial charge in [0, 0.05) is 18.4 Å². The Bertz CT molecular complexity index is 557. The first kappa shape index (κ1) is 12.3. The quantitative estimate of drug-likeness (QED) is 0.907. The summed E-state index contributed by atoms with van der Waals surface area (Å²) in [5, 5.41) is 3.43. The molecule has 3 heteroatoms. The summed E-state index contributed by atoms with van der Waals surface area (Å²) >= 11 is 0. The summed E-state index contributed by atoms with van der Waals surface area (Å²) in [6, 6.07) is 9.63. The number of imidazole rings is 1. The van der Waals surface area contributed by atoms with Gasteiger partial charge in [-0.15, -0.1) is 0 Å². The number of anilines is 1. The predicted molar refractivity (Wildman–Crippen MR) is 78.5 cm³/mol. The average Bonchev–Trinajstić information content (AvgIpc) is 2.85. The van der Waals surface area contributed by atoms with E-state index in [0.717, 1.165) is 5.95 Å². The van der Waals surface area contributed by atoms with Crippen molar-refractivity contribution in [2.45, 2.75) is 45.2 Å². The molecule has 2 aromatic rings. The van der Waals surface area contributed by atoms with E-state index in [1.54, 1.807) is 0 Å². The molecular weight excluding hydrogens is 234 g/mol. The van der Waals surface area contributed by atoms with Gasteiger partial charge in [0.25, 0.3) is 0 Å². The Labute approximate surface area is 114 Å². The minimum absolute atomic E-state index is 0.403. The lowest BCUT2D eigenvalue weighted by Crippen LogP contribution is -2.21. The fourth-order valence-electron chi connectivity index (χ4n) is 2.95. The highest BCUT2D eigenvalue weighted by atomic mass is 15.2. The molecule has 1 atom stereocenters. The molecule has 0 saturated carbocycles. The monoisotopic (exact) mass is 255 g/mol. The Hall–Kier alpha value is -1.77. The molecule has 0 aliphatic heterocycles. The van der Waals surface area contributed by atoms with Crippen molar-refractivity contribution >= 4 is 5.95 Å². The SMILES string of the molecule is CC(C)Nc1nccn1C1CCCc2ccccc21. The van der Waals surface area contributed by atoms with E-state index in [0.29, 0.717) is 12.1 Å². The molecule has 19 heavy (non-hydrogen) atoms. The second-order valence-electron chi connectivity index (χ2n) is 5.56. The Balaban J connectivity index is 1.98. The van der Waals surface area contributed by atoms with Crippen molar-refractivity contribution in [1.82, 2.24) is 9.55 Å². The lowest BCUT2D eigenvalue weighted by Gasteiger charge is -2.28. The Morgan fingerprint density at radius 3 is 3.00 bits per heavy atom. The number of hydrogen-bond donors (Lipinski definition) is 1. The average molecular weight is 255 g/mol. The first-order chi connectivity index (χ1) is 9.25. The molecule has 0 bridgehead atoms. The maximum Gasteiger partial charge on any atom is 0.203 e. The first-order valence-electron chi connectivity index (χ1n) is 7.13. The molecule has 100 valence electrons. The van der Waals surface area contributed by atoms with Crippen LogP contribution in [0.5, 0.6) is 0 Å². The Morgan fingerprint density at radius 2 is 2.16 bits per heavy atom. The summed E-state index contributed by atoms with van der Waals surface area (Å²) in [5.74, 6) is 0.983. The van der Waals surface area contributed by atoms with Gasteiger partial charge in [-0.25, -0.2) is 4.98 Å². The van der Waals surface area contributed by atoms with Crippen LogP contribution in [0, 0.1) is 0 Å². The molecule has 0 fully saturated rings. The molecule has 1 aliphatic rings. The van der Waals surface area contributed by atoms with Gasteiger partial charge in [-0.3, -0.25) is 0 Å². The van der Waals surface area contributed by atoms with E-state index in [-0.39, 0.29) is 0 Å². The van der Waals surface area contributed by atoms with Crippen LogP contribution < -0.4 is 5.32 Å². The largest absolute Gasteiger partial charge is 0.353 e. The fourth-order valence-corrected chi connectivity index (χ4v) is 2.95. The number of rotatable bonds is 3. The number of fused-ring (bicyclic) bond motifs is 1. The van der Waals surface area contributed by atoms with Gasteiger partial charge in [-0.05, 0) is 44.2 Å². The molecule has 1 aliphatic carbocycles. The second-order valence-corrected chi connectivity index (χ2v) is 5.56. The molecule has 1 heterocycles. The molecule has 1 aromatic heterocycles. The third-order valence-corrected chi connectivity index (χ3v) is 3.76. The summed E-state index contributed by atoms with van der Waals surface area (Å²) in [6.45, 7) is 4.29. The number of nitrogens with zero attached hydrogens (tertiary/aromatic N) is 2. The van der Waals surface area contributed by atoms with E-state index >= 15 is 0 Å². The van der Waals surface area contributed by atoms with Crippen molar-refractivity contribution in [1.29, 1.82) is 0 Å². The molecule has 3 nitrogen and oxygen atoms in total. The zero-order chi connectivity index (χ0) is 13.2. The summed E-state index contributed by atoms with van der Waals surface area (Å²) in [4.78, 5) is 4.46. The van der Waals surface area contributed by atoms with Gasteiger partial charge < -0.3 is 9.88 Å². The highest BCUT2D eigenvalue weighted by Gasteiger charge is 2.23. The number of aryl methyl sites for hydroxylation is 1. The highest BCUT2D eigenvalue weighted by molar-refractivity contribution is 5.37. The normalized spacial score (nSPS) is 18.4. The van der Waals surface area contributed by atoms with Crippen LogP contribution >= 0.6 is 0 Å². The summed E-state index contributed by atoms with van der Waals surface area (Å²) < 4.78 is 2.29. The van der Waals surface area contributed by atoms with Crippen LogP contribution in [0.1, 0.15) is 43.9 Å². The molecular formula is C16H21N3. The maximum atomic E-state index is 4.46. The minimum Gasteiger partial charge on any atom is -0.353 e. The number of benzene rings is 1. The van der Waals surface area contributed by atoms with E-state index in [9.17, 15) is 0 Å². The topological polar surface area (TPSA) is 29.9 Å². The zero-order valence-electron chi connectivity index (χ0n) is 11.6. The maximum absolute atomic E-state index is 4.46. The minimum atomic E-state index is 0.403. The van der Waals surface area contributed by atoms with E-state index in [1.807, 2.05) is 6.20 Å². The summed E-state index contributed by atoms with van der Waals surface area (Å²) in [6.07, 6.45) is 7.63. The van der Waals surface area contributed by atoms with E-state index in [4.69, 9.17) is 0 Å². The second kappa shape index (κ2) is 5.08. The lowest BCUT2D eigenvalue weighted by atomic mass is 9.87. The summed E-state index contributed by atoms with van der Waals surface area (Å²) in [7, 11) is 0. The van der Waals surface area contributed by atoms with Gasteiger partial charge in [0.2, 0.25) is 5.95 Å². The van der Waals surface area contributed by atoms with E-state index in [1.165, 1.54) is 30.4 Å². The molecule has 0 amide bonds. The van der Waals surface area contributed by atoms with Crippen LogP contribution in [0.3, 0.4) is 0 Å². The molecule has 0 spiro atoms. The Kier molecular flexibility index (Phi) is 3.28. The van der Waals surface area contributed by atoms with E-state index < -0.39 is 0 Å². The third kappa shape index (κ3) is 2.37. The standard InChI is InChI=1S/C16H21N3/c1-12(2)18-16-17-10-11-19(16)15-9-5-7-13-6-3-4-8-14(13)15/h3-4,6,8,10-12,15H,5,7,9H2,1-2H3,(H,17,18). The van der Waals surface area contributed by atoms with Crippen LogP contribution in [0.25, 0.3) is 0 Å². The first-order valence-corrected chi connectivity index (χ1v) is 7.13. The smallest absolute Gasteiger partial charge is 0.203 e. The van der Waals surface area contributed by atoms with Crippen LogP contribution in [0.4, 0.5) is 5.95 Å². The van der Waals surface area contributed by atoms with Gasteiger partial charge in [-0.2, -0.15) is 0 Å². The van der Waals surface area contributed by atoms with Crippen molar-refractivity contribution in [3.05, 3.63) is 47.8 Å². The van der Waals surface area contributed by atoms with Gasteiger partial charge in [0.05, 0.1) is 6.04 Å². The molecule has 1 unspecified atom stereocenters. The van der Waals surface area contributed by atoms with Crippen molar-refractivity contribution < 1.29 is 0 Å². The van der Waals surface area contributed by atoms with Crippen molar-refractivity contribution in [3.8, 4) is 0 Å². The molecule has 1 aromatic carbocycles. The van der Waals surface area contributed by atoms with Crippen molar-refractivity contribution in [2.75, 3.05) is 5.32 Å². The molecule has 0 saturated heterocycles. The highest BCUT2D eigenvalue weighted by Crippen LogP contribution is 2.34.